The van der Waals surface area contributed by atoms with E-state index in [0.717, 1.165) is 38.5 Å². The van der Waals surface area contributed by atoms with Crippen LogP contribution in [0.5, 0.6) is 0 Å². The van der Waals surface area contributed by atoms with E-state index in [1.165, 1.54) is 0 Å². The fraction of sp³-hybridized carbons (Fsp3) is 1.00. The number of hydrogen-bond acceptors (Lipinski definition) is 5. The summed E-state index contributed by atoms with van der Waals surface area (Å²) in [5.74, 6) is 0. The van der Waals surface area contributed by atoms with Crippen LogP contribution in [-0.4, -0.2) is 22.2 Å². The molecule has 0 amide bonds. The lowest BCUT2D eigenvalue weighted by molar-refractivity contribution is -0.0338. The lowest BCUT2D eigenvalue weighted by atomic mass is 10.1. The van der Waals surface area contributed by atoms with Gasteiger partial charge in [0, 0.05) is 6.04 Å². The summed E-state index contributed by atoms with van der Waals surface area (Å²) in [5.41, 5.74) is 0. The predicted molar refractivity (Wildman–Crippen MR) is 63.0 cm³/mol. The molecule has 0 aliphatic heterocycles. The predicted octanol–water partition coefficient (Wildman–Crippen LogP) is 1.38. The highest BCUT2D eigenvalue weighted by molar-refractivity contribution is 7.32. The maximum atomic E-state index is 10.6. The van der Waals surface area contributed by atoms with Crippen molar-refractivity contribution in [1.29, 1.82) is 0 Å². The molecular weight excluding hydrogens is 268 g/mol. The molecule has 1 rings (SSSR count). The lowest BCUT2D eigenvalue weighted by Crippen LogP contribution is -2.39. The Bertz CT molecular complexity index is 253. The van der Waals surface area contributed by atoms with Crippen LogP contribution in [0.3, 0.4) is 0 Å². The largest absolute Gasteiger partial charge is 0.326 e. The van der Waals surface area contributed by atoms with Crippen LogP contribution in [0.2, 0.25) is 0 Å². The summed E-state index contributed by atoms with van der Waals surface area (Å²) < 4.78 is 30.2. The Morgan fingerprint density at radius 2 is 1.47 bits per heavy atom. The van der Waals surface area contributed by atoms with E-state index in [1.54, 1.807) is 0 Å². The smallest absolute Gasteiger partial charge is 0.319 e. The first-order valence-electron chi connectivity index (χ1n) is 5.63. The van der Waals surface area contributed by atoms with Crippen molar-refractivity contribution < 1.29 is 28.0 Å². The molecule has 0 saturated heterocycles. The SMILES string of the molecule is O=[PH](O)OC(NC1CCCCCC1)O[PH](=O)O. The Morgan fingerprint density at radius 1 is 1.00 bits per heavy atom. The molecule has 7 nitrogen and oxygen atoms in total. The number of nitrogens with one attached hydrogen (secondary N) is 1. The molecule has 0 aromatic rings. The van der Waals surface area contributed by atoms with E-state index in [-0.39, 0.29) is 6.04 Å². The van der Waals surface area contributed by atoms with Crippen molar-refractivity contribution in [3.8, 4) is 0 Å². The zero-order valence-electron chi connectivity index (χ0n) is 9.42. The molecule has 9 heteroatoms. The average molecular weight is 287 g/mol. The first-order chi connectivity index (χ1) is 8.08. The van der Waals surface area contributed by atoms with E-state index >= 15 is 0 Å². The molecule has 2 unspecified atom stereocenters. The third kappa shape index (κ3) is 7.32. The van der Waals surface area contributed by atoms with E-state index in [4.69, 9.17) is 9.79 Å². The second kappa shape index (κ2) is 8.38. The van der Waals surface area contributed by atoms with Crippen molar-refractivity contribution in [2.24, 2.45) is 0 Å². The first kappa shape index (κ1) is 15.3. The van der Waals surface area contributed by atoms with E-state index < -0.39 is 22.9 Å². The highest BCUT2D eigenvalue weighted by Crippen LogP contribution is 2.26. The summed E-state index contributed by atoms with van der Waals surface area (Å²) in [6, 6.07) is 0.0881. The van der Waals surface area contributed by atoms with Gasteiger partial charge >= 0.3 is 16.5 Å². The van der Waals surface area contributed by atoms with Gasteiger partial charge in [-0.1, -0.05) is 25.7 Å². The summed E-state index contributed by atoms with van der Waals surface area (Å²) in [6.45, 7) is 0. The number of hydrogen-bond donors (Lipinski definition) is 3. The zero-order valence-corrected chi connectivity index (χ0v) is 11.4. The molecule has 0 aromatic carbocycles. The normalized spacial score (nSPS) is 23.9. The fourth-order valence-corrected chi connectivity index (χ4v) is 2.61. The minimum absolute atomic E-state index is 0.0881. The van der Waals surface area contributed by atoms with Gasteiger partial charge in [0.25, 0.3) is 0 Å². The van der Waals surface area contributed by atoms with Crippen LogP contribution >= 0.6 is 16.5 Å². The van der Waals surface area contributed by atoms with Crippen molar-refractivity contribution in [3.63, 3.8) is 0 Å². The Balaban J connectivity index is 2.44. The van der Waals surface area contributed by atoms with Gasteiger partial charge in [-0.25, -0.2) is 0 Å². The van der Waals surface area contributed by atoms with Crippen molar-refractivity contribution in [1.82, 2.24) is 5.32 Å². The van der Waals surface area contributed by atoms with Crippen LogP contribution in [-0.2, 0) is 18.2 Å². The Hall–Kier alpha value is 0.260. The molecule has 0 spiro atoms. The molecule has 0 heterocycles. The van der Waals surface area contributed by atoms with Crippen LogP contribution < -0.4 is 5.32 Å². The maximum Gasteiger partial charge on any atom is 0.319 e. The molecule has 1 fully saturated rings. The van der Waals surface area contributed by atoms with Crippen LogP contribution in [0, 0.1) is 0 Å². The minimum Gasteiger partial charge on any atom is -0.326 e. The summed E-state index contributed by atoms with van der Waals surface area (Å²) in [7, 11) is -6.42. The van der Waals surface area contributed by atoms with Gasteiger partial charge in [0.15, 0.2) is 0 Å². The standard InChI is InChI=1S/C8H19NO6P2/c10-16(11)14-8(15-17(12)13)9-7-5-3-1-2-4-6-7/h7-9,16-17H,1-6H2,(H,10,11)(H,12,13). The van der Waals surface area contributed by atoms with E-state index in [2.05, 4.69) is 14.4 Å². The van der Waals surface area contributed by atoms with Crippen LogP contribution in [0.25, 0.3) is 0 Å². The summed E-state index contributed by atoms with van der Waals surface area (Å²) in [5, 5.41) is 2.85. The van der Waals surface area contributed by atoms with Gasteiger partial charge in [-0.3, -0.25) is 23.5 Å². The Morgan fingerprint density at radius 3 is 1.88 bits per heavy atom. The molecule has 1 saturated carbocycles. The Kier molecular flexibility index (Phi) is 7.55. The van der Waals surface area contributed by atoms with Crippen LogP contribution in [0.15, 0.2) is 0 Å². The van der Waals surface area contributed by atoms with Crippen molar-refractivity contribution in [2.75, 3.05) is 0 Å². The van der Waals surface area contributed by atoms with Crippen molar-refractivity contribution in [2.45, 2.75) is 51.0 Å². The highest BCUT2D eigenvalue weighted by atomic mass is 31.1. The van der Waals surface area contributed by atoms with Gasteiger partial charge in [-0.2, -0.15) is 0 Å². The lowest BCUT2D eigenvalue weighted by Gasteiger charge is -2.22. The van der Waals surface area contributed by atoms with Crippen LogP contribution in [0.4, 0.5) is 0 Å². The fourth-order valence-electron chi connectivity index (χ4n) is 1.91. The summed E-state index contributed by atoms with van der Waals surface area (Å²) in [6.07, 6.45) is 4.98. The molecule has 0 radical (unpaired) electrons. The molecular formula is C8H19NO6P2. The second-order valence-corrected chi connectivity index (χ2v) is 5.49. The monoisotopic (exact) mass is 287 g/mol. The summed E-state index contributed by atoms with van der Waals surface area (Å²) >= 11 is 0. The molecule has 1 aliphatic carbocycles. The van der Waals surface area contributed by atoms with Gasteiger partial charge in [0.1, 0.15) is 0 Å². The van der Waals surface area contributed by atoms with Gasteiger partial charge in [0.2, 0.25) is 6.41 Å². The van der Waals surface area contributed by atoms with E-state index in [9.17, 15) is 9.13 Å². The third-order valence-electron chi connectivity index (χ3n) is 2.64. The molecule has 0 aromatic heterocycles. The second-order valence-electron chi connectivity index (χ2n) is 3.95. The van der Waals surface area contributed by atoms with Crippen molar-refractivity contribution in [3.05, 3.63) is 0 Å². The topological polar surface area (TPSA) is 105 Å². The maximum absolute atomic E-state index is 10.6. The van der Waals surface area contributed by atoms with Crippen LogP contribution in [0.1, 0.15) is 38.5 Å². The zero-order chi connectivity index (χ0) is 12.7. The molecule has 1 aliphatic rings. The summed E-state index contributed by atoms with van der Waals surface area (Å²) in [4.78, 5) is 17.3. The van der Waals surface area contributed by atoms with Gasteiger partial charge < -0.3 is 9.79 Å². The number of rotatable bonds is 6. The average Bonchev–Trinajstić information content (AvgIpc) is 2.44. The Labute approximate surface area is 101 Å². The quantitative estimate of drug-likeness (QED) is 0.385. The van der Waals surface area contributed by atoms with E-state index in [0.29, 0.717) is 0 Å². The third-order valence-corrected chi connectivity index (χ3v) is 3.47. The molecule has 102 valence electrons. The molecule has 0 bridgehead atoms. The minimum atomic E-state index is -3.21. The van der Waals surface area contributed by atoms with Gasteiger partial charge in [-0.05, 0) is 12.8 Å². The molecule has 17 heavy (non-hydrogen) atoms. The molecule has 3 N–H and O–H groups in total. The van der Waals surface area contributed by atoms with Gasteiger partial charge in [-0.15, -0.1) is 0 Å². The molecule has 2 atom stereocenters. The van der Waals surface area contributed by atoms with Crippen molar-refractivity contribution >= 4 is 16.5 Å². The van der Waals surface area contributed by atoms with E-state index in [1.807, 2.05) is 0 Å². The van der Waals surface area contributed by atoms with Gasteiger partial charge in [0.05, 0.1) is 0 Å². The highest BCUT2D eigenvalue weighted by Gasteiger charge is 2.20. The first-order valence-corrected chi connectivity index (χ1v) is 8.16.